The molecule has 94 valence electrons. The van der Waals surface area contributed by atoms with Gasteiger partial charge < -0.3 is 10.6 Å². The standard InChI is InChI=1S/C12H16F2N2S/c1-8-7-16(4-5-17-8)11-3-2-9(15)6-10(11)12(13)14/h2-3,6,8,12H,4-5,7,15H2,1H3. The van der Waals surface area contributed by atoms with Crippen LogP contribution in [-0.4, -0.2) is 24.1 Å². The number of anilines is 2. The molecule has 5 heteroatoms. The number of hydrogen-bond donors (Lipinski definition) is 1. The van der Waals surface area contributed by atoms with Crippen molar-refractivity contribution in [2.24, 2.45) is 0 Å². The molecular weight excluding hydrogens is 242 g/mol. The van der Waals surface area contributed by atoms with Gasteiger partial charge in [-0.25, -0.2) is 8.78 Å². The van der Waals surface area contributed by atoms with Crippen LogP contribution in [0.25, 0.3) is 0 Å². The lowest BCUT2D eigenvalue weighted by Gasteiger charge is -2.33. The third kappa shape index (κ3) is 2.83. The van der Waals surface area contributed by atoms with Crippen LogP contribution in [0.3, 0.4) is 0 Å². The van der Waals surface area contributed by atoms with Crippen molar-refractivity contribution in [2.45, 2.75) is 18.6 Å². The highest BCUT2D eigenvalue weighted by molar-refractivity contribution is 8.00. The summed E-state index contributed by atoms with van der Waals surface area (Å²) < 4.78 is 25.9. The predicted molar refractivity (Wildman–Crippen MR) is 69.9 cm³/mol. The fourth-order valence-corrected chi connectivity index (χ4v) is 3.09. The zero-order chi connectivity index (χ0) is 12.4. The first kappa shape index (κ1) is 12.5. The highest BCUT2D eigenvalue weighted by Crippen LogP contribution is 2.33. The Labute approximate surface area is 104 Å². The van der Waals surface area contributed by atoms with E-state index in [1.165, 1.54) is 6.07 Å². The molecule has 1 fully saturated rings. The molecule has 1 atom stereocenters. The Balaban J connectivity index is 2.30. The summed E-state index contributed by atoms with van der Waals surface area (Å²) in [5, 5.41) is 0.479. The van der Waals surface area contributed by atoms with Gasteiger partial charge in [-0.3, -0.25) is 0 Å². The van der Waals surface area contributed by atoms with Gasteiger partial charge in [-0.15, -0.1) is 0 Å². The number of hydrogen-bond acceptors (Lipinski definition) is 3. The maximum Gasteiger partial charge on any atom is 0.265 e. The summed E-state index contributed by atoms with van der Waals surface area (Å²) >= 11 is 1.88. The molecule has 1 aromatic carbocycles. The van der Waals surface area contributed by atoms with Gasteiger partial charge >= 0.3 is 0 Å². The number of benzene rings is 1. The second-order valence-corrected chi connectivity index (χ2v) is 5.79. The molecule has 0 bridgehead atoms. The van der Waals surface area contributed by atoms with E-state index in [4.69, 9.17) is 5.73 Å². The fraction of sp³-hybridized carbons (Fsp3) is 0.500. The maximum absolute atomic E-state index is 13.0. The Bertz CT molecular complexity index is 398. The minimum atomic E-state index is -2.47. The smallest absolute Gasteiger partial charge is 0.265 e. The minimum Gasteiger partial charge on any atom is -0.399 e. The molecule has 0 amide bonds. The zero-order valence-corrected chi connectivity index (χ0v) is 10.5. The molecule has 0 spiro atoms. The number of nitrogens with zero attached hydrogens (tertiary/aromatic N) is 1. The summed E-state index contributed by atoms with van der Waals surface area (Å²) in [6.45, 7) is 3.75. The van der Waals surface area contributed by atoms with Crippen molar-refractivity contribution in [3.05, 3.63) is 23.8 Å². The van der Waals surface area contributed by atoms with E-state index in [1.54, 1.807) is 12.1 Å². The van der Waals surface area contributed by atoms with E-state index in [-0.39, 0.29) is 5.56 Å². The van der Waals surface area contributed by atoms with Crippen molar-refractivity contribution in [3.63, 3.8) is 0 Å². The zero-order valence-electron chi connectivity index (χ0n) is 9.70. The molecule has 2 N–H and O–H groups in total. The second kappa shape index (κ2) is 5.12. The highest BCUT2D eigenvalue weighted by Gasteiger charge is 2.22. The molecule has 2 rings (SSSR count). The van der Waals surface area contributed by atoms with Crippen LogP contribution in [-0.2, 0) is 0 Å². The average Bonchev–Trinajstić information content (AvgIpc) is 2.28. The summed E-state index contributed by atoms with van der Waals surface area (Å²) in [6, 6.07) is 4.78. The van der Waals surface area contributed by atoms with Crippen molar-refractivity contribution < 1.29 is 8.78 Å². The normalized spacial score (nSPS) is 20.9. The average molecular weight is 258 g/mol. The molecule has 1 aliphatic rings. The van der Waals surface area contributed by atoms with E-state index in [2.05, 4.69) is 6.92 Å². The Hall–Kier alpha value is -0.970. The van der Waals surface area contributed by atoms with Gasteiger partial charge in [0.1, 0.15) is 0 Å². The second-order valence-electron chi connectivity index (χ2n) is 4.25. The monoisotopic (exact) mass is 258 g/mol. The molecular formula is C12H16F2N2S. The molecule has 1 saturated heterocycles. The van der Waals surface area contributed by atoms with E-state index in [0.29, 0.717) is 16.6 Å². The number of thioether (sulfide) groups is 1. The third-order valence-electron chi connectivity index (χ3n) is 2.87. The van der Waals surface area contributed by atoms with Gasteiger partial charge in [0.15, 0.2) is 0 Å². The van der Waals surface area contributed by atoms with Gasteiger partial charge in [-0.2, -0.15) is 11.8 Å². The lowest BCUT2D eigenvalue weighted by Crippen LogP contribution is -2.37. The van der Waals surface area contributed by atoms with Gasteiger partial charge in [0.2, 0.25) is 0 Å². The number of rotatable bonds is 2. The maximum atomic E-state index is 13.0. The summed E-state index contributed by atoms with van der Waals surface area (Å²) in [5.41, 5.74) is 6.63. The fourth-order valence-electron chi connectivity index (χ4n) is 2.07. The molecule has 2 nitrogen and oxygen atoms in total. The van der Waals surface area contributed by atoms with Gasteiger partial charge in [-0.05, 0) is 18.2 Å². The molecule has 0 aliphatic carbocycles. The molecule has 1 heterocycles. The van der Waals surface area contributed by atoms with E-state index < -0.39 is 6.43 Å². The van der Waals surface area contributed by atoms with Crippen molar-refractivity contribution in [3.8, 4) is 0 Å². The van der Waals surface area contributed by atoms with Gasteiger partial charge in [0.05, 0.1) is 0 Å². The van der Waals surface area contributed by atoms with Crippen molar-refractivity contribution >= 4 is 23.1 Å². The van der Waals surface area contributed by atoms with E-state index in [0.717, 1.165) is 18.8 Å². The van der Waals surface area contributed by atoms with Gasteiger partial charge in [0.25, 0.3) is 6.43 Å². The van der Waals surface area contributed by atoms with E-state index >= 15 is 0 Å². The quantitative estimate of drug-likeness (QED) is 0.826. The van der Waals surface area contributed by atoms with Crippen LogP contribution >= 0.6 is 11.8 Å². The van der Waals surface area contributed by atoms with E-state index in [9.17, 15) is 8.78 Å². The first-order valence-corrected chi connectivity index (χ1v) is 6.67. The van der Waals surface area contributed by atoms with Crippen molar-refractivity contribution in [1.29, 1.82) is 0 Å². The number of halogens is 2. The van der Waals surface area contributed by atoms with Crippen LogP contribution in [0.4, 0.5) is 20.2 Å². The minimum absolute atomic E-state index is 0.0455. The summed E-state index contributed by atoms with van der Waals surface area (Å²) in [5.74, 6) is 0.980. The lowest BCUT2D eigenvalue weighted by molar-refractivity contribution is 0.152. The third-order valence-corrected chi connectivity index (χ3v) is 4.00. The Morgan fingerprint density at radius 2 is 2.24 bits per heavy atom. The first-order chi connectivity index (χ1) is 8.08. The summed E-state index contributed by atoms with van der Waals surface area (Å²) in [7, 11) is 0. The van der Waals surface area contributed by atoms with Crippen LogP contribution in [0.15, 0.2) is 18.2 Å². The van der Waals surface area contributed by atoms with Crippen LogP contribution in [0.2, 0.25) is 0 Å². The van der Waals surface area contributed by atoms with Crippen LogP contribution in [0, 0.1) is 0 Å². The topological polar surface area (TPSA) is 29.3 Å². The molecule has 1 aliphatic heterocycles. The van der Waals surface area contributed by atoms with Gasteiger partial charge in [0, 0.05) is 41.0 Å². The molecule has 1 unspecified atom stereocenters. The SMILES string of the molecule is CC1CN(c2ccc(N)cc2C(F)F)CCS1. The van der Waals surface area contributed by atoms with Crippen molar-refractivity contribution in [2.75, 3.05) is 29.5 Å². The summed E-state index contributed by atoms with van der Waals surface area (Å²) in [6.07, 6.45) is -2.47. The number of nitrogen functional groups attached to an aromatic ring is 1. The number of alkyl halides is 2. The van der Waals surface area contributed by atoms with Gasteiger partial charge in [-0.1, -0.05) is 6.92 Å². The molecule has 0 radical (unpaired) electrons. The van der Waals surface area contributed by atoms with E-state index in [1.807, 2.05) is 16.7 Å². The molecule has 1 aromatic rings. The highest BCUT2D eigenvalue weighted by atomic mass is 32.2. The lowest BCUT2D eigenvalue weighted by atomic mass is 10.1. The van der Waals surface area contributed by atoms with Crippen LogP contribution in [0.5, 0.6) is 0 Å². The number of nitrogens with two attached hydrogens (primary N) is 1. The molecule has 0 saturated carbocycles. The Morgan fingerprint density at radius 3 is 2.88 bits per heavy atom. The molecule has 17 heavy (non-hydrogen) atoms. The van der Waals surface area contributed by atoms with Crippen LogP contribution < -0.4 is 10.6 Å². The summed E-state index contributed by atoms with van der Waals surface area (Å²) in [4.78, 5) is 2.03. The van der Waals surface area contributed by atoms with Crippen molar-refractivity contribution in [1.82, 2.24) is 0 Å². The largest absolute Gasteiger partial charge is 0.399 e. The van der Waals surface area contributed by atoms with Crippen LogP contribution in [0.1, 0.15) is 18.9 Å². The Morgan fingerprint density at radius 1 is 1.47 bits per heavy atom. The molecule has 0 aromatic heterocycles. The predicted octanol–water partition coefficient (Wildman–Crippen LogP) is 3.15. The first-order valence-electron chi connectivity index (χ1n) is 5.62. The Kier molecular flexibility index (Phi) is 3.76.